The average Bonchev–Trinajstić information content (AvgIpc) is 2.44. The first-order valence-electron chi connectivity index (χ1n) is 4.99. The molecule has 70 valence electrons. The molecule has 0 N–H and O–H groups in total. The molecule has 0 aromatic carbocycles. The van der Waals surface area contributed by atoms with Crippen LogP contribution < -0.4 is 0 Å². The SMILES string of the molecule is CC[C@@]12OC[C@@H](O1)[C@H](C)C[C@H]2C. The third-order valence-corrected chi connectivity index (χ3v) is 3.45. The van der Waals surface area contributed by atoms with Crippen molar-refractivity contribution in [3.8, 4) is 0 Å². The summed E-state index contributed by atoms with van der Waals surface area (Å²) in [6.07, 6.45) is 2.59. The summed E-state index contributed by atoms with van der Waals surface area (Å²) in [6.45, 7) is 7.45. The number of fused-ring (bicyclic) bond motifs is 2. The molecule has 0 aromatic rings. The van der Waals surface area contributed by atoms with Crippen LogP contribution in [0, 0.1) is 11.8 Å². The van der Waals surface area contributed by atoms with Gasteiger partial charge in [-0.25, -0.2) is 0 Å². The Bertz CT molecular complexity index is 181. The van der Waals surface area contributed by atoms with Crippen LogP contribution >= 0.6 is 0 Å². The van der Waals surface area contributed by atoms with Crippen LogP contribution in [0.25, 0.3) is 0 Å². The van der Waals surface area contributed by atoms with Crippen LogP contribution in [0.5, 0.6) is 0 Å². The van der Waals surface area contributed by atoms with Gasteiger partial charge in [-0.05, 0) is 18.8 Å². The zero-order chi connectivity index (χ0) is 8.77. The highest BCUT2D eigenvalue weighted by molar-refractivity contribution is 4.91. The fourth-order valence-electron chi connectivity index (χ4n) is 2.51. The molecular weight excluding hydrogens is 152 g/mol. The van der Waals surface area contributed by atoms with E-state index in [-0.39, 0.29) is 5.79 Å². The predicted molar refractivity (Wildman–Crippen MR) is 46.8 cm³/mol. The van der Waals surface area contributed by atoms with Crippen LogP contribution in [0.1, 0.15) is 33.6 Å². The molecule has 2 aliphatic heterocycles. The summed E-state index contributed by atoms with van der Waals surface area (Å²) in [5.41, 5.74) is 0. The minimum atomic E-state index is -0.225. The minimum Gasteiger partial charge on any atom is -0.347 e. The van der Waals surface area contributed by atoms with Crippen LogP contribution in [0.15, 0.2) is 0 Å². The number of ether oxygens (including phenoxy) is 2. The van der Waals surface area contributed by atoms with Crippen molar-refractivity contribution in [2.24, 2.45) is 11.8 Å². The lowest BCUT2D eigenvalue weighted by atomic mass is 9.84. The number of hydrogen-bond donors (Lipinski definition) is 0. The van der Waals surface area contributed by atoms with Gasteiger partial charge < -0.3 is 9.47 Å². The molecule has 0 spiro atoms. The Morgan fingerprint density at radius 1 is 1.42 bits per heavy atom. The topological polar surface area (TPSA) is 18.5 Å². The van der Waals surface area contributed by atoms with Gasteiger partial charge in [0.1, 0.15) is 0 Å². The quantitative estimate of drug-likeness (QED) is 0.600. The molecule has 2 nitrogen and oxygen atoms in total. The standard InChI is InChI=1S/C10H18O2/c1-4-10-8(3)5-7(2)9(12-10)6-11-10/h7-9H,4-6H2,1-3H3/t7-,8-,9-,10-/m1/s1. The highest BCUT2D eigenvalue weighted by Crippen LogP contribution is 2.44. The van der Waals surface area contributed by atoms with Gasteiger partial charge in [0.05, 0.1) is 12.7 Å². The van der Waals surface area contributed by atoms with E-state index in [0.717, 1.165) is 13.0 Å². The molecule has 2 heterocycles. The fraction of sp³-hybridized carbons (Fsp3) is 1.00. The maximum atomic E-state index is 5.94. The minimum absolute atomic E-state index is 0.225. The van der Waals surface area contributed by atoms with Crippen LogP contribution in [0.2, 0.25) is 0 Å². The van der Waals surface area contributed by atoms with Gasteiger partial charge in [0.15, 0.2) is 5.79 Å². The molecule has 2 rings (SSSR count). The van der Waals surface area contributed by atoms with Crippen LogP contribution in [-0.4, -0.2) is 18.5 Å². The largest absolute Gasteiger partial charge is 0.347 e. The first-order chi connectivity index (χ1) is 5.68. The van der Waals surface area contributed by atoms with Crippen LogP contribution in [0.3, 0.4) is 0 Å². The molecule has 0 aliphatic carbocycles. The summed E-state index contributed by atoms with van der Waals surface area (Å²) < 4.78 is 11.7. The van der Waals surface area contributed by atoms with E-state index < -0.39 is 0 Å². The Morgan fingerprint density at radius 3 is 2.83 bits per heavy atom. The monoisotopic (exact) mass is 170 g/mol. The van der Waals surface area contributed by atoms with E-state index in [2.05, 4.69) is 20.8 Å². The Hall–Kier alpha value is -0.0800. The van der Waals surface area contributed by atoms with E-state index in [9.17, 15) is 0 Å². The molecular formula is C10H18O2. The highest BCUT2D eigenvalue weighted by Gasteiger charge is 2.50. The lowest BCUT2D eigenvalue weighted by molar-refractivity contribution is -0.229. The molecule has 2 heteroatoms. The zero-order valence-corrected chi connectivity index (χ0v) is 8.17. The van der Waals surface area contributed by atoms with Gasteiger partial charge in [-0.1, -0.05) is 20.8 Å². The third kappa shape index (κ3) is 1.01. The molecule has 2 bridgehead atoms. The van der Waals surface area contributed by atoms with Gasteiger partial charge in [-0.3, -0.25) is 0 Å². The van der Waals surface area contributed by atoms with E-state index in [1.54, 1.807) is 0 Å². The van der Waals surface area contributed by atoms with Crippen molar-refractivity contribution in [1.29, 1.82) is 0 Å². The molecule has 0 unspecified atom stereocenters. The molecule has 0 saturated carbocycles. The van der Waals surface area contributed by atoms with Crippen molar-refractivity contribution >= 4 is 0 Å². The second-order valence-electron chi connectivity index (χ2n) is 4.25. The van der Waals surface area contributed by atoms with E-state index in [1.807, 2.05) is 0 Å². The Balaban J connectivity index is 2.18. The first kappa shape index (κ1) is 8.52. The summed E-state index contributed by atoms with van der Waals surface area (Å²) in [4.78, 5) is 0. The van der Waals surface area contributed by atoms with Crippen LogP contribution in [-0.2, 0) is 9.47 Å². The molecule has 12 heavy (non-hydrogen) atoms. The van der Waals surface area contributed by atoms with Crippen LogP contribution in [0.4, 0.5) is 0 Å². The van der Waals surface area contributed by atoms with Gasteiger partial charge in [-0.15, -0.1) is 0 Å². The molecule has 0 amide bonds. The summed E-state index contributed by atoms with van der Waals surface area (Å²) in [7, 11) is 0. The fourth-order valence-corrected chi connectivity index (χ4v) is 2.51. The second-order valence-corrected chi connectivity index (χ2v) is 4.25. The maximum absolute atomic E-state index is 5.94. The van der Waals surface area contributed by atoms with E-state index in [0.29, 0.717) is 17.9 Å². The van der Waals surface area contributed by atoms with Gasteiger partial charge in [-0.2, -0.15) is 0 Å². The van der Waals surface area contributed by atoms with Crippen molar-refractivity contribution in [3.05, 3.63) is 0 Å². The average molecular weight is 170 g/mol. The Morgan fingerprint density at radius 2 is 2.17 bits per heavy atom. The Labute approximate surface area is 74.2 Å². The lowest BCUT2D eigenvalue weighted by Crippen LogP contribution is -2.43. The van der Waals surface area contributed by atoms with Crippen molar-refractivity contribution in [2.45, 2.75) is 45.5 Å². The molecule has 2 fully saturated rings. The van der Waals surface area contributed by atoms with Gasteiger partial charge in [0.2, 0.25) is 0 Å². The van der Waals surface area contributed by atoms with Crippen molar-refractivity contribution in [2.75, 3.05) is 6.61 Å². The number of hydrogen-bond acceptors (Lipinski definition) is 2. The zero-order valence-electron chi connectivity index (χ0n) is 8.17. The van der Waals surface area contributed by atoms with Gasteiger partial charge in [0.25, 0.3) is 0 Å². The highest BCUT2D eigenvalue weighted by atomic mass is 16.7. The summed E-state index contributed by atoms with van der Waals surface area (Å²) >= 11 is 0. The number of rotatable bonds is 1. The van der Waals surface area contributed by atoms with Gasteiger partial charge >= 0.3 is 0 Å². The lowest BCUT2D eigenvalue weighted by Gasteiger charge is -2.39. The first-order valence-corrected chi connectivity index (χ1v) is 4.99. The second kappa shape index (κ2) is 2.71. The van der Waals surface area contributed by atoms with E-state index in [4.69, 9.17) is 9.47 Å². The summed E-state index contributed by atoms with van der Waals surface area (Å²) in [6, 6.07) is 0. The summed E-state index contributed by atoms with van der Waals surface area (Å²) in [5.74, 6) is 0.996. The molecule has 0 aromatic heterocycles. The van der Waals surface area contributed by atoms with Crippen molar-refractivity contribution in [1.82, 2.24) is 0 Å². The normalized spacial score (nSPS) is 52.8. The smallest absolute Gasteiger partial charge is 0.171 e. The molecule has 4 atom stereocenters. The molecule has 0 radical (unpaired) electrons. The summed E-state index contributed by atoms with van der Waals surface area (Å²) in [5, 5.41) is 0. The Kier molecular flexibility index (Phi) is 1.92. The van der Waals surface area contributed by atoms with Crippen molar-refractivity contribution < 1.29 is 9.47 Å². The molecule has 2 saturated heterocycles. The molecule has 2 aliphatic rings. The third-order valence-electron chi connectivity index (χ3n) is 3.45. The maximum Gasteiger partial charge on any atom is 0.171 e. The predicted octanol–water partition coefficient (Wildman–Crippen LogP) is 2.18. The van der Waals surface area contributed by atoms with Gasteiger partial charge in [0, 0.05) is 5.92 Å². The van der Waals surface area contributed by atoms with Crippen molar-refractivity contribution in [3.63, 3.8) is 0 Å². The van der Waals surface area contributed by atoms with E-state index in [1.165, 1.54) is 6.42 Å². The van der Waals surface area contributed by atoms with E-state index >= 15 is 0 Å².